The largest absolute Gasteiger partial charge is 0.371 e. The molecule has 1 aliphatic heterocycles. The van der Waals surface area contributed by atoms with Crippen LogP contribution in [0.2, 0.25) is 0 Å². The lowest BCUT2D eigenvalue weighted by Crippen LogP contribution is -2.35. The van der Waals surface area contributed by atoms with Crippen LogP contribution in [0.1, 0.15) is 51.3 Å². The highest BCUT2D eigenvalue weighted by molar-refractivity contribution is 4.98. The SMILES string of the molecule is CCC(CC)n1ccc(CO[C@H]2CCCNC2)n1. The molecule has 1 N–H and O–H groups in total. The van der Waals surface area contributed by atoms with E-state index in [9.17, 15) is 0 Å². The Bertz CT molecular complexity index is 341. The summed E-state index contributed by atoms with van der Waals surface area (Å²) in [6, 6.07) is 2.60. The summed E-state index contributed by atoms with van der Waals surface area (Å²) in [7, 11) is 0. The Kier molecular flexibility index (Phi) is 5.20. The van der Waals surface area contributed by atoms with Crippen molar-refractivity contribution < 1.29 is 4.74 Å². The zero-order valence-corrected chi connectivity index (χ0v) is 11.6. The zero-order chi connectivity index (χ0) is 12.8. The van der Waals surface area contributed by atoms with Gasteiger partial charge in [-0.2, -0.15) is 5.10 Å². The van der Waals surface area contributed by atoms with Gasteiger partial charge in [0.15, 0.2) is 0 Å². The van der Waals surface area contributed by atoms with Gasteiger partial charge >= 0.3 is 0 Å². The van der Waals surface area contributed by atoms with Crippen LogP contribution in [0.4, 0.5) is 0 Å². The summed E-state index contributed by atoms with van der Waals surface area (Å²) in [5.41, 5.74) is 1.05. The minimum atomic E-state index is 0.358. The molecule has 2 rings (SSSR count). The Morgan fingerprint density at radius 1 is 1.50 bits per heavy atom. The van der Waals surface area contributed by atoms with Gasteiger partial charge in [0.05, 0.1) is 24.4 Å². The van der Waals surface area contributed by atoms with Crippen molar-refractivity contribution in [3.8, 4) is 0 Å². The highest BCUT2D eigenvalue weighted by atomic mass is 16.5. The average Bonchev–Trinajstić information content (AvgIpc) is 2.88. The van der Waals surface area contributed by atoms with E-state index in [4.69, 9.17) is 4.74 Å². The third-order valence-electron chi connectivity index (χ3n) is 3.70. The number of aromatic nitrogens is 2. The normalized spacial score (nSPS) is 20.5. The van der Waals surface area contributed by atoms with Gasteiger partial charge in [-0.05, 0) is 38.3 Å². The fourth-order valence-corrected chi connectivity index (χ4v) is 2.49. The van der Waals surface area contributed by atoms with Gasteiger partial charge < -0.3 is 10.1 Å². The Morgan fingerprint density at radius 2 is 2.33 bits per heavy atom. The first kappa shape index (κ1) is 13.6. The van der Waals surface area contributed by atoms with Crippen LogP contribution in [-0.2, 0) is 11.3 Å². The van der Waals surface area contributed by atoms with E-state index in [2.05, 4.69) is 41.2 Å². The van der Waals surface area contributed by atoms with E-state index in [1.807, 2.05) is 0 Å². The van der Waals surface area contributed by atoms with Gasteiger partial charge in [0.2, 0.25) is 0 Å². The molecule has 1 aromatic rings. The molecule has 0 radical (unpaired) electrons. The van der Waals surface area contributed by atoms with Crippen molar-refractivity contribution in [2.24, 2.45) is 0 Å². The summed E-state index contributed by atoms with van der Waals surface area (Å²) in [6.07, 6.45) is 7.08. The third kappa shape index (κ3) is 3.56. The number of hydrogen-bond donors (Lipinski definition) is 1. The Hall–Kier alpha value is -0.870. The lowest BCUT2D eigenvalue weighted by Gasteiger charge is -2.22. The van der Waals surface area contributed by atoms with E-state index < -0.39 is 0 Å². The number of ether oxygens (including phenoxy) is 1. The Balaban J connectivity index is 1.82. The van der Waals surface area contributed by atoms with Gasteiger partial charge in [-0.1, -0.05) is 13.8 Å². The van der Waals surface area contributed by atoms with Gasteiger partial charge in [0.1, 0.15) is 0 Å². The second-order valence-electron chi connectivity index (χ2n) is 5.04. The lowest BCUT2D eigenvalue weighted by molar-refractivity contribution is 0.0233. The summed E-state index contributed by atoms with van der Waals surface area (Å²) < 4.78 is 7.97. The Morgan fingerprint density at radius 3 is 3.00 bits per heavy atom. The van der Waals surface area contributed by atoms with Gasteiger partial charge in [-0.3, -0.25) is 4.68 Å². The minimum absolute atomic E-state index is 0.358. The van der Waals surface area contributed by atoms with E-state index in [1.54, 1.807) is 0 Å². The highest BCUT2D eigenvalue weighted by Gasteiger charge is 2.14. The van der Waals surface area contributed by atoms with Crippen LogP contribution in [0.25, 0.3) is 0 Å². The molecule has 2 heterocycles. The van der Waals surface area contributed by atoms with Crippen molar-refractivity contribution >= 4 is 0 Å². The molecule has 102 valence electrons. The van der Waals surface area contributed by atoms with Crippen LogP contribution >= 0.6 is 0 Å². The molecule has 0 bridgehead atoms. The van der Waals surface area contributed by atoms with Gasteiger partial charge in [-0.15, -0.1) is 0 Å². The van der Waals surface area contributed by atoms with E-state index >= 15 is 0 Å². The van der Waals surface area contributed by atoms with Crippen LogP contribution < -0.4 is 5.32 Å². The molecule has 1 saturated heterocycles. The lowest BCUT2D eigenvalue weighted by atomic mass is 10.1. The third-order valence-corrected chi connectivity index (χ3v) is 3.70. The quantitative estimate of drug-likeness (QED) is 0.844. The average molecular weight is 251 g/mol. The van der Waals surface area contributed by atoms with Crippen molar-refractivity contribution in [2.45, 2.75) is 58.3 Å². The molecule has 0 amide bonds. The first-order valence-corrected chi connectivity index (χ1v) is 7.19. The molecule has 4 heteroatoms. The molecule has 1 aromatic heterocycles. The summed E-state index contributed by atoms with van der Waals surface area (Å²) in [5.74, 6) is 0. The molecule has 4 nitrogen and oxygen atoms in total. The Labute approximate surface area is 110 Å². The predicted octanol–water partition coefficient (Wildman–Crippen LogP) is 2.51. The van der Waals surface area contributed by atoms with Crippen molar-refractivity contribution in [3.63, 3.8) is 0 Å². The van der Waals surface area contributed by atoms with Gasteiger partial charge in [-0.25, -0.2) is 0 Å². The first-order valence-electron chi connectivity index (χ1n) is 7.19. The standard InChI is InChI=1S/C14H25N3O/c1-3-13(4-2)17-9-7-12(16-17)11-18-14-6-5-8-15-10-14/h7,9,13-15H,3-6,8,10-11H2,1-2H3/t14-/m0/s1. The summed E-state index contributed by atoms with van der Waals surface area (Å²) in [6.45, 7) is 7.16. The van der Waals surface area contributed by atoms with Crippen molar-refractivity contribution in [1.82, 2.24) is 15.1 Å². The van der Waals surface area contributed by atoms with Crippen molar-refractivity contribution in [1.29, 1.82) is 0 Å². The maximum atomic E-state index is 5.89. The second-order valence-corrected chi connectivity index (χ2v) is 5.04. The summed E-state index contributed by atoms with van der Waals surface area (Å²) in [4.78, 5) is 0. The van der Waals surface area contributed by atoms with Gasteiger partial charge in [0.25, 0.3) is 0 Å². The number of piperidine rings is 1. The number of rotatable bonds is 6. The van der Waals surface area contributed by atoms with Crippen LogP contribution in [0.5, 0.6) is 0 Å². The number of nitrogens with zero attached hydrogens (tertiary/aromatic N) is 2. The molecule has 0 unspecified atom stereocenters. The monoisotopic (exact) mass is 251 g/mol. The smallest absolute Gasteiger partial charge is 0.0910 e. The number of hydrogen-bond acceptors (Lipinski definition) is 3. The maximum Gasteiger partial charge on any atom is 0.0910 e. The topological polar surface area (TPSA) is 39.1 Å². The van der Waals surface area contributed by atoms with E-state index in [-0.39, 0.29) is 0 Å². The molecule has 1 fully saturated rings. The fraction of sp³-hybridized carbons (Fsp3) is 0.786. The number of nitrogens with one attached hydrogen (secondary N) is 1. The van der Waals surface area contributed by atoms with E-state index in [0.717, 1.165) is 31.6 Å². The van der Waals surface area contributed by atoms with Crippen LogP contribution in [0.15, 0.2) is 12.3 Å². The summed E-state index contributed by atoms with van der Waals surface area (Å²) in [5, 5.41) is 7.97. The van der Waals surface area contributed by atoms with Crippen LogP contribution in [0.3, 0.4) is 0 Å². The van der Waals surface area contributed by atoms with Crippen LogP contribution in [-0.4, -0.2) is 29.0 Å². The first-order chi connectivity index (χ1) is 8.83. The molecule has 0 spiro atoms. The molecule has 1 aliphatic rings. The van der Waals surface area contributed by atoms with Gasteiger partial charge in [0, 0.05) is 12.7 Å². The molecular formula is C14H25N3O. The molecule has 1 atom stereocenters. The molecule has 0 saturated carbocycles. The molecular weight excluding hydrogens is 226 g/mol. The molecule has 0 aromatic carbocycles. The van der Waals surface area contributed by atoms with E-state index in [0.29, 0.717) is 18.8 Å². The van der Waals surface area contributed by atoms with Crippen LogP contribution in [0, 0.1) is 0 Å². The maximum absolute atomic E-state index is 5.89. The molecule has 18 heavy (non-hydrogen) atoms. The predicted molar refractivity (Wildman–Crippen MR) is 72.5 cm³/mol. The van der Waals surface area contributed by atoms with E-state index in [1.165, 1.54) is 12.8 Å². The highest BCUT2D eigenvalue weighted by Crippen LogP contribution is 2.15. The minimum Gasteiger partial charge on any atom is -0.371 e. The van der Waals surface area contributed by atoms with Crippen molar-refractivity contribution in [3.05, 3.63) is 18.0 Å². The molecule has 0 aliphatic carbocycles. The zero-order valence-electron chi connectivity index (χ0n) is 11.6. The second kappa shape index (κ2) is 6.90. The fourth-order valence-electron chi connectivity index (χ4n) is 2.49. The summed E-state index contributed by atoms with van der Waals surface area (Å²) >= 11 is 0. The van der Waals surface area contributed by atoms with Crippen molar-refractivity contribution in [2.75, 3.05) is 13.1 Å².